The van der Waals surface area contributed by atoms with Gasteiger partial charge in [0.2, 0.25) is 0 Å². The van der Waals surface area contributed by atoms with Gasteiger partial charge in [0.05, 0.1) is 12.7 Å². The van der Waals surface area contributed by atoms with Crippen LogP contribution in [0.15, 0.2) is 12.7 Å². The molecule has 0 saturated carbocycles. The molecule has 16 heavy (non-hydrogen) atoms. The van der Waals surface area contributed by atoms with Gasteiger partial charge in [0.1, 0.15) is 0 Å². The normalized spacial score (nSPS) is 34.4. The molecule has 0 aromatic rings. The first-order valence-corrected chi connectivity index (χ1v) is 9.43. The molecule has 0 spiro atoms. The molecule has 2 nitrogen and oxygen atoms in total. The minimum absolute atomic E-state index is 0.0000605. The summed E-state index contributed by atoms with van der Waals surface area (Å²) >= 11 is 0. The summed E-state index contributed by atoms with van der Waals surface area (Å²) in [5.74, 6) is 1.07. The molecular weight excluding hydrogens is 238 g/mol. The monoisotopic (exact) mass is 262 g/mol. The van der Waals surface area contributed by atoms with Crippen LogP contribution < -0.4 is 0 Å². The molecule has 1 heterocycles. The lowest BCUT2D eigenvalue weighted by Gasteiger charge is -2.40. The van der Waals surface area contributed by atoms with E-state index in [-0.39, 0.29) is 13.6 Å². The zero-order chi connectivity index (χ0) is 12.1. The molecule has 1 saturated heterocycles. The maximum Gasteiger partial charge on any atom is 0.179 e. The molecular formula is C12H24O2P2. The highest BCUT2D eigenvalue weighted by Crippen LogP contribution is 2.49. The van der Waals surface area contributed by atoms with Crippen LogP contribution >= 0.6 is 16.5 Å². The first kappa shape index (κ1) is 14.6. The van der Waals surface area contributed by atoms with Crippen LogP contribution in [0.1, 0.15) is 26.7 Å². The summed E-state index contributed by atoms with van der Waals surface area (Å²) < 4.78 is 11.8. The van der Waals surface area contributed by atoms with Gasteiger partial charge in [-0.05, 0) is 26.6 Å². The predicted molar refractivity (Wildman–Crippen MR) is 74.9 cm³/mol. The SMILES string of the molecule is C=CC[C@H](CC)[C@@H]1OC(P(C)P)OC[C@@H]1C. The second kappa shape index (κ2) is 7.07. The van der Waals surface area contributed by atoms with Crippen molar-refractivity contribution in [3.8, 4) is 0 Å². The Kier molecular flexibility index (Phi) is 6.44. The number of hydrogen-bond acceptors (Lipinski definition) is 2. The molecule has 0 bridgehead atoms. The van der Waals surface area contributed by atoms with Crippen molar-refractivity contribution < 1.29 is 9.47 Å². The van der Waals surface area contributed by atoms with Gasteiger partial charge >= 0.3 is 0 Å². The van der Waals surface area contributed by atoms with Gasteiger partial charge < -0.3 is 9.47 Å². The Morgan fingerprint density at radius 3 is 2.81 bits per heavy atom. The van der Waals surface area contributed by atoms with E-state index in [2.05, 4.69) is 36.0 Å². The van der Waals surface area contributed by atoms with Gasteiger partial charge in [-0.25, -0.2) is 0 Å². The van der Waals surface area contributed by atoms with Crippen LogP contribution in [0.2, 0.25) is 0 Å². The molecule has 3 unspecified atom stereocenters. The Balaban J connectivity index is 2.63. The average Bonchev–Trinajstić information content (AvgIpc) is 2.26. The third kappa shape index (κ3) is 3.77. The summed E-state index contributed by atoms with van der Waals surface area (Å²) in [6.45, 7) is 11.3. The molecule has 4 heteroatoms. The van der Waals surface area contributed by atoms with Crippen LogP contribution in [0.3, 0.4) is 0 Å². The Hall–Kier alpha value is 0.520. The van der Waals surface area contributed by atoms with Crippen LogP contribution in [0, 0.1) is 11.8 Å². The number of hydrogen-bond donors (Lipinski definition) is 0. The maximum atomic E-state index is 6.10. The Morgan fingerprint density at radius 1 is 1.62 bits per heavy atom. The van der Waals surface area contributed by atoms with Crippen LogP contribution in [0.5, 0.6) is 0 Å². The lowest BCUT2D eigenvalue weighted by atomic mass is 9.87. The molecule has 0 N–H and O–H groups in total. The minimum atomic E-state index is -0.257. The lowest BCUT2D eigenvalue weighted by Crippen LogP contribution is -2.41. The summed E-state index contributed by atoms with van der Waals surface area (Å²) in [5.41, 5.74) is 0. The van der Waals surface area contributed by atoms with Gasteiger partial charge in [0.25, 0.3) is 0 Å². The van der Waals surface area contributed by atoms with E-state index in [4.69, 9.17) is 9.47 Å². The highest BCUT2D eigenvalue weighted by atomic mass is 32.0. The van der Waals surface area contributed by atoms with Crippen molar-refractivity contribution in [2.75, 3.05) is 13.3 Å². The smallest absolute Gasteiger partial charge is 0.179 e. The fourth-order valence-electron chi connectivity index (χ4n) is 2.17. The fourth-order valence-corrected chi connectivity index (χ4v) is 3.30. The van der Waals surface area contributed by atoms with Gasteiger partial charge in [-0.3, -0.25) is 0 Å². The van der Waals surface area contributed by atoms with Crippen molar-refractivity contribution in [2.24, 2.45) is 11.8 Å². The van der Waals surface area contributed by atoms with E-state index in [1.807, 2.05) is 6.08 Å². The quantitative estimate of drug-likeness (QED) is 0.554. The van der Waals surface area contributed by atoms with Crippen molar-refractivity contribution in [3.63, 3.8) is 0 Å². The van der Waals surface area contributed by atoms with E-state index < -0.39 is 0 Å². The highest BCUT2D eigenvalue weighted by molar-refractivity contribution is 8.13. The molecule has 0 radical (unpaired) electrons. The summed E-state index contributed by atoms with van der Waals surface area (Å²) in [6.07, 6.45) is 4.51. The van der Waals surface area contributed by atoms with Gasteiger partial charge in [-0.1, -0.05) is 26.3 Å². The third-order valence-electron chi connectivity index (χ3n) is 3.13. The zero-order valence-corrected chi connectivity index (χ0v) is 12.6. The van der Waals surface area contributed by atoms with Crippen molar-refractivity contribution in [3.05, 3.63) is 12.7 Å². The largest absolute Gasteiger partial charge is 0.348 e. The highest BCUT2D eigenvalue weighted by Gasteiger charge is 2.34. The van der Waals surface area contributed by atoms with Gasteiger partial charge in [-0.2, -0.15) is 0 Å². The molecule has 94 valence electrons. The lowest BCUT2D eigenvalue weighted by molar-refractivity contribution is -0.205. The van der Waals surface area contributed by atoms with Gasteiger partial charge in [-0.15, -0.1) is 15.5 Å². The van der Waals surface area contributed by atoms with Gasteiger partial charge in [0.15, 0.2) is 6.03 Å². The van der Waals surface area contributed by atoms with Gasteiger partial charge in [0, 0.05) is 5.92 Å². The first-order valence-electron chi connectivity index (χ1n) is 5.95. The Bertz CT molecular complexity index is 221. The number of rotatable bonds is 5. The van der Waals surface area contributed by atoms with Crippen molar-refractivity contribution >= 4 is 16.5 Å². The summed E-state index contributed by atoms with van der Waals surface area (Å²) in [6, 6.07) is 0.0000605. The molecule has 1 rings (SSSR count). The zero-order valence-electron chi connectivity index (χ0n) is 10.6. The van der Waals surface area contributed by atoms with E-state index in [9.17, 15) is 0 Å². The third-order valence-corrected chi connectivity index (χ3v) is 4.79. The molecule has 0 amide bonds. The van der Waals surface area contributed by atoms with Crippen molar-refractivity contribution in [2.45, 2.75) is 38.8 Å². The van der Waals surface area contributed by atoms with Crippen LogP contribution in [0.25, 0.3) is 0 Å². The second-order valence-electron chi connectivity index (χ2n) is 4.58. The molecule has 0 aromatic carbocycles. The molecule has 1 aliphatic heterocycles. The molecule has 1 fully saturated rings. The van der Waals surface area contributed by atoms with Crippen molar-refractivity contribution in [1.82, 2.24) is 0 Å². The van der Waals surface area contributed by atoms with Crippen LogP contribution in [0.4, 0.5) is 0 Å². The minimum Gasteiger partial charge on any atom is -0.348 e. The van der Waals surface area contributed by atoms with E-state index in [1.54, 1.807) is 0 Å². The van der Waals surface area contributed by atoms with E-state index in [0.29, 0.717) is 17.9 Å². The summed E-state index contributed by atoms with van der Waals surface area (Å²) in [5, 5.41) is 0. The predicted octanol–water partition coefficient (Wildman–Crippen LogP) is 3.83. The van der Waals surface area contributed by atoms with Crippen molar-refractivity contribution in [1.29, 1.82) is 0 Å². The summed E-state index contributed by atoms with van der Waals surface area (Å²) in [7, 11) is 2.57. The van der Waals surface area contributed by atoms with E-state index in [0.717, 1.165) is 19.4 Å². The molecule has 1 aliphatic rings. The number of ether oxygens (including phenoxy) is 2. The summed E-state index contributed by atoms with van der Waals surface area (Å²) in [4.78, 5) is 0. The number of allylic oxidation sites excluding steroid dienone is 1. The maximum absolute atomic E-state index is 6.10. The fraction of sp³-hybridized carbons (Fsp3) is 0.833. The molecule has 0 aliphatic carbocycles. The molecule has 0 aromatic heterocycles. The average molecular weight is 262 g/mol. The second-order valence-corrected chi connectivity index (χ2v) is 8.77. The van der Waals surface area contributed by atoms with E-state index >= 15 is 0 Å². The van der Waals surface area contributed by atoms with E-state index in [1.165, 1.54) is 0 Å². The van der Waals surface area contributed by atoms with Crippen LogP contribution in [-0.2, 0) is 9.47 Å². The first-order chi connectivity index (χ1) is 7.60. The molecule has 6 atom stereocenters. The topological polar surface area (TPSA) is 18.5 Å². The Labute approximate surface area is 103 Å². The Morgan fingerprint density at radius 2 is 2.31 bits per heavy atom. The standard InChI is InChI=1S/C12H24O2P2/c1-5-7-10(6-2)11-9(3)8-13-12(14-11)16(4)15/h5,9-12H,1,6-8,15H2,2-4H3/t9-,10-,11+,12?,16?/m0/s1. The van der Waals surface area contributed by atoms with Crippen LogP contribution in [-0.4, -0.2) is 25.4 Å².